The molecule has 0 saturated heterocycles. The first kappa shape index (κ1) is 23.4. The van der Waals surface area contributed by atoms with Gasteiger partial charge in [0.25, 0.3) is 0 Å². The van der Waals surface area contributed by atoms with Gasteiger partial charge in [-0.2, -0.15) is 0 Å². The number of hydrogen-bond donors (Lipinski definition) is 0. The van der Waals surface area contributed by atoms with Gasteiger partial charge in [-0.05, 0) is 78.2 Å². The van der Waals surface area contributed by atoms with E-state index in [0.29, 0.717) is 10.9 Å². The highest BCUT2D eigenvalue weighted by atomic mass is 19.1. The number of rotatable bonds is 5. The lowest BCUT2D eigenvalue weighted by molar-refractivity contribution is 0.636. The summed E-state index contributed by atoms with van der Waals surface area (Å²) >= 11 is 0. The maximum absolute atomic E-state index is 15.1. The zero-order chi connectivity index (χ0) is 23.8. The normalized spacial score (nSPS) is 10.3. The van der Waals surface area contributed by atoms with Gasteiger partial charge in [-0.25, -0.2) is 4.39 Å². The van der Waals surface area contributed by atoms with Crippen LogP contribution in [-0.2, 0) is 12.8 Å². The van der Waals surface area contributed by atoms with Gasteiger partial charge in [0.2, 0.25) is 0 Å². The molecule has 0 N–H and O–H groups in total. The van der Waals surface area contributed by atoms with E-state index in [4.69, 9.17) is 0 Å². The molecule has 0 aliphatic heterocycles. The highest BCUT2D eigenvalue weighted by molar-refractivity contribution is 5.85. The summed E-state index contributed by atoms with van der Waals surface area (Å²) in [5.41, 5.74) is 5.76. The van der Waals surface area contributed by atoms with Crippen LogP contribution in [0.2, 0.25) is 0 Å². The third kappa shape index (κ3) is 5.95. The van der Waals surface area contributed by atoms with E-state index in [1.807, 2.05) is 42.5 Å². The molecular formula is C33H29F. The van der Waals surface area contributed by atoms with Crippen molar-refractivity contribution < 1.29 is 4.39 Å². The Balaban J connectivity index is 1.47. The topological polar surface area (TPSA) is 0 Å². The molecule has 4 aromatic rings. The Morgan fingerprint density at radius 2 is 1.21 bits per heavy atom. The number of benzene rings is 4. The van der Waals surface area contributed by atoms with Crippen LogP contribution in [0.5, 0.6) is 0 Å². The number of unbranched alkanes of at least 4 members (excludes halogenated alkanes) is 2. The van der Waals surface area contributed by atoms with Gasteiger partial charge < -0.3 is 0 Å². The van der Waals surface area contributed by atoms with E-state index < -0.39 is 0 Å². The maximum Gasteiger partial charge on any atom is 0.146 e. The molecule has 34 heavy (non-hydrogen) atoms. The van der Waals surface area contributed by atoms with Gasteiger partial charge in [0, 0.05) is 22.1 Å². The second-order valence-electron chi connectivity index (χ2n) is 8.57. The van der Waals surface area contributed by atoms with E-state index in [0.717, 1.165) is 34.9 Å². The molecule has 0 unspecified atom stereocenters. The Morgan fingerprint density at radius 1 is 0.618 bits per heavy atom. The molecule has 1 heteroatoms. The van der Waals surface area contributed by atoms with Crippen LogP contribution < -0.4 is 0 Å². The summed E-state index contributed by atoms with van der Waals surface area (Å²) in [4.78, 5) is 0. The van der Waals surface area contributed by atoms with Gasteiger partial charge in [0.05, 0.1) is 5.56 Å². The van der Waals surface area contributed by atoms with Crippen LogP contribution >= 0.6 is 0 Å². The zero-order valence-electron chi connectivity index (χ0n) is 19.9. The van der Waals surface area contributed by atoms with Gasteiger partial charge in [0.15, 0.2) is 0 Å². The Labute approximate surface area is 202 Å². The van der Waals surface area contributed by atoms with Crippen LogP contribution in [0.15, 0.2) is 78.9 Å². The molecule has 0 fully saturated rings. The lowest BCUT2D eigenvalue weighted by Crippen LogP contribution is -1.90. The van der Waals surface area contributed by atoms with E-state index in [1.54, 1.807) is 6.07 Å². The quantitative estimate of drug-likeness (QED) is 0.216. The molecule has 0 bridgehead atoms. The molecule has 0 atom stereocenters. The standard InChI is InChI=1S/C33H29F/c1-3-5-6-7-29-19-23-32-31(24-29)22-21-30(33(32)34)20-18-28-16-14-27(15-17-28)13-12-26-10-8-25(4-2)9-11-26/h8-11,14-17,19,21-24H,3-7H2,1-2H3. The van der Waals surface area contributed by atoms with Crippen LogP contribution in [0.1, 0.15) is 66.5 Å². The average Bonchev–Trinajstić information content (AvgIpc) is 2.88. The van der Waals surface area contributed by atoms with E-state index in [9.17, 15) is 0 Å². The second kappa shape index (κ2) is 11.4. The SMILES string of the molecule is CCCCCc1ccc2c(F)c(C#Cc3ccc(C#Cc4ccc(CC)cc4)cc3)ccc2c1. The van der Waals surface area contributed by atoms with Gasteiger partial charge >= 0.3 is 0 Å². The van der Waals surface area contributed by atoms with Crippen LogP contribution in [0, 0.1) is 29.5 Å². The lowest BCUT2D eigenvalue weighted by Gasteiger charge is -2.06. The predicted octanol–water partition coefficient (Wildman–Crippen LogP) is 8.07. The van der Waals surface area contributed by atoms with Crippen LogP contribution in [-0.4, -0.2) is 0 Å². The summed E-state index contributed by atoms with van der Waals surface area (Å²) in [6.07, 6.45) is 5.66. The smallest absolute Gasteiger partial charge is 0.146 e. The van der Waals surface area contributed by atoms with Crippen molar-refractivity contribution in [3.63, 3.8) is 0 Å². The average molecular weight is 445 g/mol. The van der Waals surface area contributed by atoms with Crippen LogP contribution in [0.4, 0.5) is 4.39 Å². The van der Waals surface area contributed by atoms with Crippen molar-refractivity contribution in [1.29, 1.82) is 0 Å². The Hall–Kier alpha value is -3.81. The summed E-state index contributed by atoms with van der Waals surface area (Å²) < 4.78 is 15.1. The molecule has 4 rings (SSSR count). The fraction of sp³-hybridized carbons (Fsp3) is 0.212. The second-order valence-corrected chi connectivity index (χ2v) is 8.57. The molecule has 0 aliphatic carbocycles. The largest absolute Gasteiger partial charge is 0.205 e. The summed E-state index contributed by atoms with van der Waals surface area (Å²) in [5.74, 6) is 12.2. The Kier molecular flexibility index (Phi) is 7.80. The highest BCUT2D eigenvalue weighted by Crippen LogP contribution is 2.23. The Morgan fingerprint density at radius 3 is 1.82 bits per heavy atom. The Bertz CT molecular complexity index is 1390. The minimum atomic E-state index is -0.248. The van der Waals surface area contributed by atoms with Gasteiger partial charge in [-0.15, -0.1) is 0 Å². The zero-order valence-corrected chi connectivity index (χ0v) is 19.9. The number of fused-ring (bicyclic) bond motifs is 1. The van der Waals surface area contributed by atoms with E-state index in [1.165, 1.54) is 30.4 Å². The molecule has 0 saturated carbocycles. The fourth-order valence-corrected chi connectivity index (χ4v) is 3.92. The molecular weight excluding hydrogens is 415 g/mol. The summed E-state index contributed by atoms with van der Waals surface area (Å²) in [5, 5.41) is 1.56. The fourth-order valence-electron chi connectivity index (χ4n) is 3.92. The summed E-state index contributed by atoms with van der Waals surface area (Å²) in [6.45, 7) is 4.35. The van der Waals surface area contributed by atoms with Crippen molar-refractivity contribution in [1.82, 2.24) is 0 Å². The van der Waals surface area contributed by atoms with Crippen molar-refractivity contribution in [3.8, 4) is 23.7 Å². The van der Waals surface area contributed by atoms with Crippen molar-refractivity contribution in [2.24, 2.45) is 0 Å². The first-order valence-corrected chi connectivity index (χ1v) is 12.1. The summed E-state index contributed by atoms with van der Waals surface area (Å²) in [6, 6.07) is 25.9. The summed E-state index contributed by atoms with van der Waals surface area (Å²) in [7, 11) is 0. The van der Waals surface area contributed by atoms with Gasteiger partial charge in [0.1, 0.15) is 5.82 Å². The molecule has 4 aromatic carbocycles. The number of hydrogen-bond acceptors (Lipinski definition) is 0. The van der Waals surface area contributed by atoms with Crippen molar-refractivity contribution in [2.75, 3.05) is 0 Å². The highest BCUT2D eigenvalue weighted by Gasteiger charge is 2.06. The van der Waals surface area contributed by atoms with Crippen molar-refractivity contribution in [3.05, 3.63) is 118 Å². The maximum atomic E-state index is 15.1. The molecule has 0 radical (unpaired) electrons. The molecule has 0 spiro atoms. The molecule has 0 nitrogen and oxygen atoms in total. The van der Waals surface area contributed by atoms with Gasteiger partial charge in [-0.3, -0.25) is 0 Å². The minimum Gasteiger partial charge on any atom is -0.205 e. The van der Waals surface area contributed by atoms with Crippen LogP contribution in [0.3, 0.4) is 0 Å². The molecule has 0 aliphatic rings. The van der Waals surface area contributed by atoms with E-state index >= 15 is 4.39 Å². The predicted molar refractivity (Wildman–Crippen MR) is 141 cm³/mol. The first-order chi connectivity index (χ1) is 16.7. The lowest BCUT2D eigenvalue weighted by atomic mass is 10.0. The van der Waals surface area contributed by atoms with Gasteiger partial charge in [-0.1, -0.05) is 86.8 Å². The first-order valence-electron chi connectivity index (χ1n) is 12.1. The third-order valence-corrected chi connectivity index (χ3v) is 6.03. The van der Waals surface area contributed by atoms with Crippen molar-refractivity contribution >= 4 is 10.8 Å². The molecule has 0 aromatic heterocycles. The minimum absolute atomic E-state index is 0.248. The van der Waals surface area contributed by atoms with E-state index in [2.05, 4.69) is 67.9 Å². The monoisotopic (exact) mass is 444 g/mol. The molecule has 0 amide bonds. The number of aryl methyl sites for hydroxylation is 2. The van der Waals surface area contributed by atoms with Crippen LogP contribution in [0.25, 0.3) is 10.8 Å². The van der Waals surface area contributed by atoms with E-state index in [-0.39, 0.29) is 5.82 Å². The molecule has 0 heterocycles. The van der Waals surface area contributed by atoms with Crippen molar-refractivity contribution in [2.45, 2.75) is 46.0 Å². The molecule has 168 valence electrons. The third-order valence-electron chi connectivity index (χ3n) is 6.03. The number of halogens is 1.